The normalized spacial score (nSPS) is 9.50. The summed E-state index contributed by atoms with van der Waals surface area (Å²) in [6, 6.07) is 5.78. The third-order valence-electron chi connectivity index (χ3n) is 1.41. The van der Waals surface area contributed by atoms with Gasteiger partial charge in [-0.25, -0.2) is 0 Å². The van der Waals surface area contributed by atoms with Gasteiger partial charge in [-0.3, -0.25) is 4.55 Å². The Morgan fingerprint density at radius 1 is 1.14 bits per heavy atom. The molecule has 0 spiro atoms. The van der Waals surface area contributed by atoms with Gasteiger partial charge in [-0.15, -0.1) is 0 Å². The second-order valence-corrected chi connectivity index (χ2v) is 3.67. The molecule has 1 aromatic rings. The molecule has 0 aliphatic rings. The van der Waals surface area contributed by atoms with Crippen molar-refractivity contribution in [2.75, 3.05) is 0 Å². The molecule has 1 N–H and O–H groups in total. The fourth-order valence-electron chi connectivity index (χ4n) is 0.776. The van der Waals surface area contributed by atoms with Gasteiger partial charge in [0.1, 0.15) is 0 Å². The first-order valence-corrected chi connectivity index (χ1v) is 4.68. The van der Waals surface area contributed by atoms with Gasteiger partial charge in [-0.2, -0.15) is 8.42 Å². The molecule has 0 heterocycles. The van der Waals surface area contributed by atoms with Crippen molar-refractivity contribution in [3.8, 4) is 0 Å². The second kappa shape index (κ2) is 7.19. The molecule has 14 heavy (non-hydrogen) atoms. The summed E-state index contributed by atoms with van der Waals surface area (Å²) >= 11 is 0. The van der Waals surface area contributed by atoms with E-state index in [1.165, 1.54) is 12.1 Å². The number of benzene rings is 1. The molecule has 0 fully saturated rings. The van der Waals surface area contributed by atoms with E-state index in [0.29, 0.717) is 0 Å². The molecule has 0 aliphatic carbocycles. The summed E-state index contributed by atoms with van der Waals surface area (Å²) in [6.45, 7) is 3.51. The van der Waals surface area contributed by atoms with Crippen LogP contribution in [0, 0.1) is 0 Å². The first kappa shape index (κ1) is 17.3. The molecule has 0 aliphatic heterocycles. The minimum atomic E-state index is -4.06. The van der Waals surface area contributed by atoms with Crippen LogP contribution in [0.25, 0.3) is 6.08 Å². The Kier molecular flexibility index (Phi) is 8.87. The van der Waals surface area contributed by atoms with Crippen molar-refractivity contribution >= 4 is 75.3 Å². The van der Waals surface area contributed by atoms with Crippen molar-refractivity contribution in [3.05, 3.63) is 36.4 Å². The third kappa shape index (κ3) is 5.09. The van der Waals surface area contributed by atoms with Crippen LogP contribution in [0.2, 0.25) is 0 Å². The van der Waals surface area contributed by atoms with E-state index in [1.807, 2.05) is 0 Å². The van der Waals surface area contributed by atoms with Crippen LogP contribution in [-0.2, 0) is 10.1 Å². The van der Waals surface area contributed by atoms with Gasteiger partial charge in [-0.1, -0.05) is 24.8 Å². The summed E-state index contributed by atoms with van der Waals surface area (Å²) in [5.74, 6) is 0. The average Bonchev–Trinajstić information content (AvgIpc) is 2.03. The van der Waals surface area contributed by atoms with Crippen LogP contribution in [0.3, 0.4) is 0 Å². The van der Waals surface area contributed by atoms with E-state index in [0.717, 1.165) is 5.56 Å². The first-order chi connectivity index (χ1) is 5.54. The molecule has 1 rings (SSSR count). The molecule has 3 nitrogen and oxygen atoms in total. The Hall–Kier alpha value is 0.870. The molecular weight excluding hydrogens is 222 g/mol. The molecule has 68 valence electrons. The Bertz CT molecular complexity index is 384. The Morgan fingerprint density at radius 3 is 1.86 bits per heavy atom. The van der Waals surface area contributed by atoms with Crippen molar-refractivity contribution < 1.29 is 13.0 Å². The van der Waals surface area contributed by atoms with Gasteiger partial charge < -0.3 is 0 Å². The van der Waals surface area contributed by atoms with Gasteiger partial charge >= 0.3 is 59.1 Å². The van der Waals surface area contributed by atoms with Gasteiger partial charge in [0.25, 0.3) is 10.1 Å². The molecule has 6 heteroatoms. The molecule has 1 aromatic carbocycles. The summed E-state index contributed by atoms with van der Waals surface area (Å²) in [4.78, 5) is -0.104. The van der Waals surface area contributed by atoms with Crippen LogP contribution in [0.15, 0.2) is 35.7 Å². The summed E-state index contributed by atoms with van der Waals surface area (Å²) in [6.07, 6.45) is 1.59. The topological polar surface area (TPSA) is 54.4 Å². The summed E-state index contributed by atoms with van der Waals surface area (Å²) in [5.41, 5.74) is 0.808. The summed E-state index contributed by atoms with van der Waals surface area (Å²) < 4.78 is 29.7. The molecule has 0 saturated heterocycles. The number of hydrogen-bond acceptors (Lipinski definition) is 2. The van der Waals surface area contributed by atoms with E-state index >= 15 is 0 Å². The number of rotatable bonds is 2. The van der Waals surface area contributed by atoms with Crippen molar-refractivity contribution in [2.45, 2.75) is 4.90 Å². The third-order valence-corrected chi connectivity index (χ3v) is 2.28. The second-order valence-electron chi connectivity index (χ2n) is 2.25. The molecule has 0 radical (unpaired) electrons. The molecular formula is C8H10Na2O3S. The molecule has 0 amide bonds. The fourth-order valence-corrected chi connectivity index (χ4v) is 1.26. The van der Waals surface area contributed by atoms with Crippen LogP contribution in [0.1, 0.15) is 5.56 Å². The SMILES string of the molecule is C=Cc1ccc(S(=O)(=O)O)cc1.[NaH].[NaH]. The molecule has 0 atom stereocenters. The van der Waals surface area contributed by atoms with Gasteiger partial charge in [0.2, 0.25) is 0 Å². The molecule has 0 unspecified atom stereocenters. The van der Waals surface area contributed by atoms with Crippen LogP contribution in [-0.4, -0.2) is 72.1 Å². The van der Waals surface area contributed by atoms with Crippen molar-refractivity contribution in [2.24, 2.45) is 0 Å². The van der Waals surface area contributed by atoms with Gasteiger partial charge in [0.05, 0.1) is 4.90 Å². The zero-order valence-electron chi connectivity index (χ0n) is 6.27. The van der Waals surface area contributed by atoms with Crippen molar-refractivity contribution in [3.63, 3.8) is 0 Å². The quantitative estimate of drug-likeness (QED) is 0.588. The maximum absolute atomic E-state index is 10.6. The minimum absolute atomic E-state index is 0. The van der Waals surface area contributed by atoms with Crippen LogP contribution < -0.4 is 0 Å². The standard InChI is InChI=1S/C8H8O3S.2Na.2H/c1-2-7-3-5-8(6-4-7)12(9,10)11;;;;/h2-6H,1H2,(H,9,10,11);;;;. The fraction of sp³-hybridized carbons (Fsp3) is 0. The zero-order valence-corrected chi connectivity index (χ0v) is 7.08. The molecule has 0 bridgehead atoms. The summed E-state index contributed by atoms with van der Waals surface area (Å²) in [5, 5.41) is 0. The Labute approximate surface area is 128 Å². The Balaban J connectivity index is 0. The van der Waals surface area contributed by atoms with E-state index in [-0.39, 0.29) is 64.0 Å². The van der Waals surface area contributed by atoms with E-state index in [2.05, 4.69) is 6.58 Å². The molecule has 0 aromatic heterocycles. The molecule has 0 saturated carbocycles. The van der Waals surface area contributed by atoms with E-state index in [9.17, 15) is 8.42 Å². The van der Waals surface area contributed by atoms with Gasteiger partial charge in [0.15, 0.2) is 0 Å². The van der Waals surface area contributed by atoms with Crippen LogP contribution in [0.5, 0.6) is 0 Å². The first-order valence-electron chi connectivity index (χ1n) is 3.24. The average molecular weight is 232 g/mol. The zero-order chi connectivity index (χ0) is 9.19. The van der Waals surface area contributed by atoms with Gasteiger partial charge in [0, 0.05) is 0 Å². The van der Waals surface area contributed by atoms with Crippen LogP contribution >= 0.6 is 0 Å². The van der Waals surface area contributed by atoms with Crippen LogP contribution in [0.4, 0.5) is 0 Å². The van der Waals surface area contributed by atoms with Gasteiger partial charge in [-0.05, 0) is 17.7 Å². The predicted octanol–water partition coefficient (Wildman–Crippen LogP) is 0.279. The monoisotopic (exact) mass is 232 g/mol. The Morgan fingerprint density at radius 2 is 1.57 bits per heavy atom. The van der Waals surface area contributed by atoms with E-state index < -0.39 is 10.1 Å². The van der Waals surface area contributed by atoms with Crippen molar-refractivity contribution in [1.82, 2.24) is 0 Å². The maximum atomic E-state index is 10.6. The number of hydrogen-bond donors (Lipinski definition) is 1. The van der Waals surface area contributed by atoms with Crippen molar-refractivity contribution in [1.29, 1.82) is 0 Å². The predicted molar refractivity (Wildman–Crippen MR) is 60.6 cm³/mol. The van der Waals surface area contributed by atoms with E-state index in [4.69, 9.17) is 4.55 Å². The van der Waals surface area contributed by atoms with E-state index in [1.54, 1.807) is 18.2 Å². The summed E-state index contributed by atoms with van der Waals surface area (Å²) in [7, 11) is -4.06.